The fraction of sp³-hybridized carbons (Fsp3) is 0.423. The van der Waals surface area contributed by atoms with Gasteiger partial charge in [0.1, 0.15) is 11.6 Å². The Kier molecular flexibility index (Phi) is 8.33. The van der Waals surface area contributed by atoms with Crippen molar-refractivity contribution >= 4 is 16.8 Å². The molecule has 1 aromatic heterocycles. The highest BCUT2D eigenvalue weighted by Crippen LogP contribution is 2.27. The first-order valence-corrected chi connectivity index (χ1v) is 11.4. The van der Waals surface area contributed by atoms with Crippen molar-refractivity contribution in [3.05, 3.63) is 76.1 Å². The van der Waals surface area contributed by atoms with Gasteiger partial charge in [-0.2, -0.15) is 0 Å². The van der Waals surface area contributed by atoms with Gasteiger partial charge in [-0.1, -0.05) is 45.0 Å². The maximum absolute atomic E-state index is 14.6. The molecule has 0 saturated heterocycles. The van der Waals surface area contributed by atoms with Gasteiger partial charge in [0.25, 0.3) is 11.5 Å². The second-order valence-corrected chi connectivity index (χ2v) is 8.52. The van der Waals surface area contributed by atoms with E-state index in [9.17, 15) is 14.0 Å². The zero-order chi connectivity index (χ0) is 24.0. The first-order chi connectivity index (χ1) is 15.9. The van der Waals surface area contributed by atoms with Crippen molar-refractivity contribution in [2.75, 3.05) is 20.3 Å². The zero-order valence-corrected chi connectivity index (χ0v) is 19.8. The maximum Gasteiger partial charge on any atom is 0.261 e. The molecule has 1 unspecified atom stereocenters. The lowest BCUT2D eigenvalue weighted by Crippen LogP contribution is -2.40. The van der Waals surface area contributed by atoms with E-state index in [-0.39, 0.29) is 11.1 Å². The van der Waals surface area contributed by atoms with E-state index in [4.69, 9.17) is 9.72 Å². The van der Waals surface area contributed by atoms with Crippen LogP contribution in [0.2, 0.25) is 0 Å². The number of ether oxygens (including phenoxy) is 1. The van der Waals surface area contributed by atoms with E-state index >= 15 is 0 Å². The van der Waals surface area contributed by atoms with Gasteiger partial charge in [-0.15, -0.1) is 0 Å². The van der Waals surface area contributed by atoms with Crippen LogP contribution < -0.4 is 5.56 Å². The molecular weight excluding hydrogens is 421 g/mol. The van der Waals surface area contributed by atoms with Crippen LogP contribution in [0, 0.1) is 11.7 Å². The number of hydrogen-bond donors (Lipinski definition) is 0. The Balaban J connectivity index is 2.17. The number of halogens is 1. The molecule has 0 aliphatic rings. The predicted octanol–water partition coefficient (Wildman–Crippen LogP) is 4.82. The summed E-state index contributed by atoms with van der Waals surface area (Å²) in [6.45, 7) is 7.17. The Morgan fingerprint density at radius 2 is 1.85 bits per heavy atom. The number of methoxy groups -OCH3 is 1. The third kappa shape index (κ3) is 5.47. The van der Waals surface area contributed by atoms with Crippen molar-refractivity contribution in [2.45, 2.75) is 46.2 Å². The molecular formula is C26H32FN3O3. The van der Waals surface area contributed by atoms with Crippen LogP contribution in [-0.2, 0) is 11.3 Å². The second-order valence-electron chi connectivity index (χ2n) is 8.52. The maximum atomic E-state index is 14.6. The number of rotatable bonds is 10. The second kappa shape index (κ2) is 11.2. The third-order valence-corrected chi connectivity index (χ3v) is 5.78. The van der Waals surface area contributed by atoms with Crippen molar-refractivity contribution in [1.82, 2.24) is 14.5 Å². The summed E-state index contributed by atoms with van der Waals surface area (Å²) in [7, 11) is 1.58. The van der Waals surface area contributed by atoms with E-state index in [1.165, 1.54) is 12.1 Å². The molecule has 0 aliphatic carbocycles. The van der Waals surface area contributed by atoms with Crippen LogP contribution in [-0.4, -0.2) is 40.6 Å². The van der Waals surface area contributed by atoms with Gasteiger partial charge in [-0.05, 0) is 43.0 Å². The molecule has 33 heavy (non-hydrogen) atoms. The average Bonchev–Trinajstić information content (AvgIpc) is 2.81. The lowest BCUT2D eigenvalue weighted by molar-refractivity contribution is 0.0639. The standard InChI is InChI=1S/C26H32FN3O3/c1-5-23(29(15-14-18(2)3)25(31)19-10-6-8-12-21(19)27)24-28-22-13-9-7-11-20(22)26(32)30(24)16-17-33-4/h6-13,18,23H,5,14-17H2,1-4H3. The lowest BCUT2D eigenvalue weighted by Gasteiger charge is -2.33. The summed E-state index contributed by atoms with van der Waals surface area (Å²) < 4.78 is 21.4. The normalized spacial score (nSPS) is 12.3. The molecule has 0 N–H and O–H groups in total. The smallest absolute Gasteiger partial charge is 0.261 e. The van der Waals surface area contributed by atoms with Crippen LogP contribution in [0.1, 0.15) is 55.8 Å². The largest absolute Gasteiger partial charge is 0.383 e. The minimum absolute atomic E-state index is 0.0197. The number of nitrogens with zero attached hydrogens (tertiary/aromatic N) is 3. The molecule has 0 fully saturated rings. The topological polar surface area (TPSA) is 64.4 Å². The van der Waals surface area contributed by atoms with Gasteiger partial charge in [0.2, 0.25) is 0 Å². The van der Waals surface area contributed by atoms with E-state index in [1.807, 2.05) is 13.0 Å². The van der Waals surface area contributed by atoms with Crippen LogP contribution in [0.3, 0.4) is 0 Å². The summed E-state index contributed by atoms with van der Waals surface area (Å²) in [5.41, 5.74) is 0.423. The number of hydrogen-bond acceptors (Lipinski definition) is 4. The molecule has 6 nitrogen and oxygen atoms in total. The van der Waals surface area contributed by atoms with E-state index < -0.39 is 17.8 Å². The van der Waals surface area contributed by atoms with Gasteiger partial charge in [0, 0.05) is 13.7 Å². The molecule has 0 saturated carbocycles. The number of carbonyl (C=O) groups is 1. The third-order valence-electron chi connectivity index (χ3n) is 5.78. The molecule has 0 bridgehead atoms. The number of amides is 1. The van der Waals surface area contributed by atoms with Gasteiger partial charge in [0.15, 0.2) is 0 Å². The number of fused-ring (bicyclic) bond motifs is 1. The molecule has 1 heterocycles. The van der Waals surface area contributed by atoms with E-state index in [1.54, 1.807) is 46.9 Å². The lowest BCUT2D eigenvalue weighted by atomic mass is 10.0. The summed E-state index contributed by atoms with van der Waals surface area (Å²) in [6, 6.07) is 12.7. The van der Waals surface area contributed by atoms with Gasteiger partial charge in [0.05, 0.1) is 35.7 Å². The number of carbonyl (C=O) groups excluding carboxylic acids is 1. The van der Waals surface area contributed by atoms with Crippen LogP contribution >= 0.6 is 0 Å². The van der Waals surface area contributed by atoms with Crippen molar-refractivity contribution in [1.29, 1.82) is 0 Å². The van der Waals surface area contributed by atoms with Crippen molar-refractivity contribution in [3.8, 4) is 0 Å². The van der Waals surface area contributed by atoms with Gasteiger partial charge in [-0.3, -0.25) is 14.2 Å². The molecule has 0 spiro atoms. The fourth-order valence-electron chi connectivity index (χ4n) is 3.97. The van der Waals surface area contributed by atoms with Crippen molar-refractivity contribution in [3.63, 3.8) is 0 Å². The Bertz CT molecular complexity index is 1160. The zero-order valence-electron chi connectivity index (χ0n) is 19.8. The molecule has 2 aromatic carbocycles. The summed E-state index contributed by atoms with van der Waals surface area (Å²) in [5, 5.41) is 0.515. The first kappa shape index (κ1) is 24.6. The Morgan fingerprint density at radius 3 is 2.52 bits per heavy atom. The molecule has 1 amide bonds. The molecule has 176 valence electrons. The molecule has 0 aliphatic heterocycles. The highest BCUT2D eigenvalue weighted by atomic mass is 19.1. The Labute approximate surface area is 194 Å². The summed E-state index contributed by atoms with van der Waals surface area (Å²) in [5.74, 6) is -0.123. The predicted molar refractivity (Wildman–Crippen MR) is 128 cm³/mol. The van der Waals surface area contributed by atoms with Crippen LogP contribution in [0.25, 0.3) is 10.9 Å². The highest BCUT2D eigenvalue weighted by Gasteiger charge is 2.30. The van der Waals surface area contributed by atoms with E-state index in [2.05, 4.69) is 13.8 Å². The minimum atomic E-state index is -0.560. The summed E-state index contributed by atoms with van der Waals surface area (Å²) >= 11 is 0. The molecule has 3 rings (SSSR count). The molecule has 0 radical (unpaired) electrons. The fourth-order valence-corrected chi connectivity index (χ4v) is 3.97. The van der Waals surface area contributed by atoms with Crippen LogP contribution in [0.15, 0.2) is 53.3 Å². The Hall–Kier alpha value is -3.06. The number of para-hydroxylation sites is 1. The van der Waals surface area contributed by atoms with Crippen molar-refractivity contribution < 1.29 is 13.9 Å². The van der Waals surface area contributed by atoms with Gasteiger partial charge < -0.3 is 9.64 Å². The highest BCUT2D eigenvalue weighted by molar-refractivity contribution is 5.94. The summed E-state index contributed by atoms with van der Waals surface area (Å²) in [6.07, 6.45) is 1.27. The first-order valence-electron chi connectivity index (χ1n) is 11.4. The Morgan fingerprint density at radius 1 is 1.15 bits per heavy atom. The monoisotopic (exact) mass is 453 g/mol. The van der Waals surface area contributed by atoms with Crippen molar-refractivity contribution in [2.24, 2.45) is 5.92 Å². The van der Waals surface area contributed by atoms with E-state index in [0.717, 1.165) is 6.42 Å². The summed E-state index contributed by atoms with van der Waals surface area (Å²) in [4.78, 5) is 33.4. The quantitative estimate of drug-likeness (QED) is 0.441. The van der Waals surface area contributed by atoms with Crippen LogP contribution in [0.5, 0.6) is 0 Å². The number of aromatic nitrogens is 2. The average molecular weight is 454 g/mol. The molecule has 3 aromatic rings. The van der Waals surface area contributed by atoms with Gasteiger partial charge >= 0.3 is 0 Å². The van der Waals surface area contributed by atoms with Crippen LogP contribution in [0.4, 0.5) is 4.39 Å². The minimum Gasteiger partial charge on any atom is -0.383 e. The molecule has 1 atom stereocenters. The molecule has 7 heteroatoms. The number of benzene rings is 2. The van der Waals surface area contributed by atoms with Gasteiger partial charge in [-0.25, -0.2) is 9.37 Å². The van der Waals surface area contributed by atoms with E-state index in [0.29, 0.717) is 48.8 Å². The SMILES string of the molecule is CCC(c1nc2ccccc2c(=O)n1CCOC)N(CCC(C)C)C(=O)c1ccccc1F.